The molecule has 0 fully saturated rings. The normalized spacial score (nSPS) is 12.9. The summed E-state index contributed by atoms with van der Waals surface area (Å²) in [5.41, 5.74) is -0.640. The van der Waals surface area contributed by atoms with E-state index >= 15 is 0 Å². The van der Waals surface area contributed by atoms with E-state index in [4.69, 9.17) is 14.4 Å². The number of aliphatic carboxylic acids is 1. The number of aliphatic hydroxyl groups excluding tert-OH is 1. The molecule has 2 aromatic carbocycles. The lowest BCUT2D eigenvalue weighted by atomic mass is 10.1. The molecule has 0 saturated carbocycles. The van der Waals surface area contributed by atoms with Gasteiger partial charge in [-0.15, -0.1) is 0 Å². The van der Waals surface area contributed by atoms with Crippen LogP contribution in [0.4, 0.5) is 45.3 Å². The molecule has 1 atom stereocenters. The number of nitrogens with zero attached hydrogens (tertiary/aromatic N) is 3. The number of alkyl halides is 8. The third kappa shape index (κ3) is 6.96. The predicted molar refractivity (Wildman–Crippen MR) is 119 cm³/mol. The second kappa shape index (κ2) is 11.4. The maximum absolute atomic E-state index is 13.7. The molecule has 0 bridgehead atoms. The van der Waals surface area contributed by atoms with Crippen LogP contribution >= 0.6 is 0 Å². The van der Waals surface area contributed by atoms with Crippen LogP contribution in [0.2, 0.25) is 0 Å². The van der Waals surface area contributed by atoms with Crippen molar-refractivity contribution < 1.29 is 59.0 Å². The van der Waals surface area contributed by atoms with Crippen LogP contribution in [0.3, 0.4) is 0 Å². The van der Waals surface area contributed by atoms with Gasteiger partial charge in [0.05, 0.1) is 17.2 Å². The van der Waals surface area contributed by atoms with Crippen LogP contribution in [-0.4, -0.2) is 50.2 Å². The van der Waals surface area contributed by atoms with Gasteiger partial charge in [0.2, 0.25) is 0 Å². The van der Waals surface area contributed by atoms with Crippen molar-refractivity contribution >= 4 is 22.8 Å². The predicted octanol–water partition coefficient (Wildman–Crippen LogP) is 5.86. The molecule has 4 rings (SSSR count). The zero-order chi connectivity index (χ0) is 29.9. The summed E-state index contributed by atoms with van der Waals surface area (Å²) in [5, 5.41) is 22.7. The summed E-state index contributed by atoms with van der Waals surface area (Å²) in [6.07, 6.45) is -10.7. The first kappa shape index (κ1) is 30.1. The topological polar surface area (TPSA) is 121 Å². The molecule has 0 aliphatic heterocycles. The van der Waals surface area contributed by atoms with Crippen LogP contribution in [0.1, 0.15) is 17.4 Å². The summed E-state index contributed by atoms with van der Waals surface area (Å²) >= 11 is 0. The van der Waals surface area contributed by atoms with E-state index < -0.39 is 47.2 Å². The molecule has 4 aromatic rings. The third-order valence-corrected chi connectivity index (χ3v) is 5.06. The monoisotopic (exact) mass is 582 g/mol. The van der Waals surface area contributed by atoms with Gasteiger partial charge in [-0.05, 0) is 29.8 Å². The number of aliphatic hydroxyl groups is 1. The maximum atomic E-state index is 13.7. The van der Waals surface area contributed by atoms with Crippen LogP contribution in [-0.2, 0) is 10.7 Å². The first-order chi connectivity index (χ1) is 18.5. The number of hydrogen-bond donors (Lipinski definition) is 3. The SMILES string of the molecule is O=C(O)C(F)(F)F.O[C@@H](CNc1cc(-c2ccc3c(C(F)(F)C(F)(F)F)noc3c2)ncn1)c1ccc(F)cc1. The van der Waals surface area contributed by atoms with Gasteiger partial charge in [0, 0.05) is 18.2 Å². The minimum absolute atomic E-state index is 0.0408. The number of rotatable bonds is 6. The van der Waals surface area contributed by atoms with Gasteiger partial charge in [0.15, 0.2) is 11.3 Å². The third-order valence-electron chi connectivity index (χ3n) is 5.06. The molecule has 2 aromatic heterocycles. The van der Waals surface area contributed by atoms with E-state index in [-0.39, 0.29) is 12.1 Å². The average Bonchev–Trinajstić information content (AvgIpc) is 3.31. The number of anilines is 1. The van der Waals surface area contributed by atoms with E-state index in [1.165, 1.54) is 48.8 Å². The van der Waals surface area contributed by atoms with E-state index in [1.54, 1.807) is 0 Å². The Hall–Kier alpha value is -4.41. The number of carboxylic acids is 1. The molecule has 0 aliphatic rings. The summed E-state index contributed by atoms with van der Waals surface area (Å²) < 4.78 is 115. The fraction of sp³-hybridized carbons (Fsp3) is 0.217. The summed E-state index contributed by atoms with van der Waals surface area (Å²) in [4.78, 5) is 17.0. The Bertz CT molecular complexity index is 1470. The molecule has 40 heavy (non-hydrogen) atoms. The number of benzene rings is 2. The zero-order valence-corrected chi connectivity index (χ0v) is 19.4. The summed E-state index contributed by atoms with van der Waals surface area (Å²) in [7, 11) is 0. The smallest absolute Gasteiger partial charge is 0.475 e. The zero-order valence-electron chi connectivity index (χ0n) is 19.4. The molecule has 0 saturated heterocycles. The Morgan fingerprint density at radius 2 is 1.57 bits per heavy atom. The number of fused-ring (bicyclic) bond motifs is 1. The lowest BCUT2D eigenvalue weighted by Gasteiger charge is -2.16. The molecule has 0 unspecified atom stereocenters. The Morgan fingerprint density at radius 1 is 0.950 bits per heavy atom. The number of carbonyl (C=O) groups is 1. The van der Waals surface area contributed by atoms with E-state index in [1.807, 2.05) is 0 Å². The maximum Gasteiger partial charge on any atom is 0.490 e. The highest BCUT2D eigenvalue weighted by molar-refractivity contribution is 5.85. The standard InChI is InChI=1S/C21H14F6N4O2.C2HF3O2/c22-13-4-1-11(2-5-13)16(32)9-28-18-8-15(29-10-30-18)12-3-6-14-17(7-12)33-31-19(14)20(23,24)21(25,26)27;3-2(4,5)1(6)7/h1-8,10,16,32H,9H2,(H,28,29,30);(H,6,7)/t16-;/m0./s1. The fourth-order valence-corrected chi connectivity index (χ4v) is 3.07. The molecule has 0 aliphatic carbocycles. The van der Waals surface area contributed by atoms with Crippen molar-refractivity contribution in [1.82, 2.24) is 15.1 Å². The number of aromatic nitrogens is 3. The lowest BCUT2D eigenvalue weighted by Crippen LogP contribution is -2.34. The first-order valence-corrected chi connectivity index (χ1v) is 10.6. The Morgan fingerprint density at radius 3 is 2.15 bits per heavy atom. The van der Waals surface area contributed by atoms with Crippen molar-refractivity contribution in [2.24, 2.45) is 0 Å². The van der Waals surface area contributed by atoms with E-state index in [0.717, 1.165) is 6.07 Å². The van der Waals surface area contributed by atoms with Gasteiger partial charge in [0.1, 0.15) is 18.0 Å². The molecule has 17 heteroatoms. The fourth-order valence-electron chi connectivity index (χ4n) is 3.07. The van der Waals surface area contributed by atoms with Gasteiger partial charge in [-0.3, -0.25) is 0 Å². The van der Waals surface area contributed by atoms with Crippen LogP contribution in [0.5, 0.6) is 0 Å². The molecule has 8 nitrogen and oxygen atoms in total. The van der Waals surface area contributed by atoms with E-state index in [9.17, 15) is 44.6 Å². The highest BCUT2D eigenvalue weighted by Crippen LogP contribution is 2.45. The number of carboxylic acid groups (broad SMARTS) is 1. The quantitative estimate of drug-likeness (QED) is 0.242. The van der Waals surface area contributed by atoms with Crippen molar-refractivity contribution in [3.8, 4) is 11.3 Å². The van der Waals surface area contributed by atoms with Crippen LogP contribution < -0.4 is 5.32 Å². The van der Waals surface area contributed by atoms with Crippen molar-refractivity contribution in [2.75, 3.05) is 11.9 Å². The molecule has 0 amide bonds. The van der Waals surface area contributed by atoms with Gasteiger partial charge in [-0.2, -0.15) is 35.1 Å². The van der Waals surface area contributed by atoms with E-state index in [2.05, 4.69) is 20.4 Å². The van der Waals surface area contributed by atoms with Gasteiger partial charge in [-0.1, -0.05) is 23.4 Å². The number of nitrogens with one attached hydrogen (secondary N) is 1. The number of halogens is 9. The van der Waals surface area contributed by atoms with Gasteiger partial charge >= 0.3 is 24.2 Å². The number of hydrogen-bond acceptors (Lipinski definition) is 7. The molecular weight excluding hydrogens is 567 g/mol. The first-order valence-electron chi connectivity index (χ1n) is 10.6. The van der Waals surface area contributed by atoms with Crippen molar-refractivity contribution in [3.63, 3.8) is 0 Å². The molecule has 0 spiro atoms. The van der Waals surface area contributed by atoms with E-state index in [0.29, 0.717) is 22.6 Å². The van der Waals surface area contributed by atoms with Gasteiger partial charge in [-0.25, -0.2) is 19.2 Å². The molecular formula is C23H15F9N4O4. The second-order valence-electron chi connectivity index (χ2n) is 7.85. The Labute approximate surface area is 217 Å². The minimum atomic E-state index is -5.82. The average molecular weight is 582 g/mol. The molecule has 214 valence electrons. The Kier molecular flexibility index (Phi) is 8.57. The largest absolute Gasteiger partial charge is 0.490 e. The highest BCUT2D eigenvalue weighted by atomic mass is 19.4. The van der Waals surface area contributed by atoms with Crippen LogP contribution in [0.15, 0.2) is 59.4 Å². The summed E-state index contributed by atoms with van der Waals surface area (Å²) in [5.74, 6) is -8.05. The Balaban J connectivity index is 0.000000559. The summed E-state index contributed by atoms with van der Waals surface area (Å²) in [6, 6.07) is 10.4. The van der Waals surface area contributed by atoms with Crippen molar-refractivity contribution in [1.29, 1.82) is 0 Å². The lowest BCUT2D eigenvalue weighted by molar-refractivity contribution is -0.290. The molecule has 0 radical (unpaired) electrons. The van der Waals surface area contributed by atoms with Crippen LogP contribution in [0, 0.1) is 5.82 Å². The molecule has 2 heterocycles. The van der Waals surface area contributed by atoms with Crippen molar-refractivity contribution in [2.45, 2.75) is 24.4 Å². The summed E-state index contributed by atoms with van der Waals surface area (Å²) in [6.45, 7) is 0.0408. The van der Waals surface area contributed by atoms with Gasteiger partial charge < -0.3 is 20.1 Å². The van der Waals surface area contributed by atoms with Crippen molar-refractivity contribution in [3.05, 3.63) is 71.9 Å². The highest BCUT2D eigenvalue weighted by Gasteiger charge is 2.61. The van der Waals surface area contributed by atoms with Crippen LogP contribution in [0.25, 0.3) is 22.2 Å². The second-order valence-corrected chi connectivity index (χ2v) is 7.85. The molecule has 3 N–H and O–H groups in total. The van der Waals surface area contributed by atoms with Gasteiger partial charge in [0.25, 0.3) is 0 Å². The minimum Gasteiger partial charge on any atom is -0.475 e.